The molecule has 22 heavy (non-hydrogen) atoms. The summed E-state index contributed by atoms with van der Waals surface area (Å²) in [6.07, 6.45) is 6.21. The molecular weight excluding hydrogens is 272 g/mol. The van der Waals surface area contributed by atoms with Crippen LogP contribution < -0.4 is 10.6 Å². The standard InChI is InChI=1S/C19H28N2O/c1-13-7-9-15(10-8-13)14(2)12-20-19(22)18-11-16-5-3-4-6-17(16)21-18/h7-10,14,16-18,21H,3-6,11-12H2,1-2H3,(H,20,22). The Hall–Kier alpha value is -1.35. The van der Waals surface area contributed by atoms with Gasteiger partial charge in [0.2, 0.25) is 5.91 Å². The van der Waals surface area contributed by atoms with Gasteiger partial charge in [0.1, 0.15) is 0 Å². The van der Waals surface area contributed by atoms with E-state index in [1.807, 2.05) is 0 Å². The summed E-state index contributed by atoms with van der Waals surface area (Å²) in [6.45, 7) is 4.99. The van der Waals surface area contributed by atoms with Gasteiger partial charge in [-0.2, -0.15) is 0 Å². The first-order chi connectivity index (χ1) is 10.6. The van der Waals surface area contributed by atoms with Crippen LogP contribution in [0.15, 0.2) is 24.3 Å². The predicted octanol–water partition coefficient (Wildman–Crippen LogP) is 3.14. The van der Waals surface area contributed by atoms with Gasteiger partial charge < -0.3 is 10.6 Å². The van der Waals surface area contributed by atoms with Gasteiger partial charge in [-0.25, -0.2) is 0 Å². The highest BCUT2D eigenvalue weighted by Gasteiger charge is 2.38. The molecule has 0 bridgehead atoms. The van der Waals surface area contributed by atoms with E-state index in [2.05, 4.69) is 48.7 Å². The number of benzene rings is 1. The van der Waals surface area contributed by atoms with Gasteiger partial charge in [0.05, 0.1) is 6.04 Å². The maximum Gasteiger partial charge on any atom is 0.237 e. The molecule has 120 valence electrons. The van der Waals surface area contributed by atoms with E-state index in [1.54, 1.807) is 0 Å². The fourth-order valence-corrected chi connectivity index (χ4v) is 3.91. The fourth-order valence-electron chi connectivity index (χ4n) is 3.91. The maximum absolute atomic E-state index is 12.4. The molecule has 3 heteroatoms. The number of rotatable bonds is 4. The van der Waals surface area contributed by atoms with Gasteiger partial charge in [0.15, 0.2) is 0 Å². The summed E-state index contributed by atoms with van der Waals surface area (Å²) in [5.74, 6) is 1.26. The summed E-state index contributed by atoms with van der Waals surface area (Å²) in [7, 11) is 0. The van der Waals surface area contributed by atoms with Crippen LogP contribution in [0, 0.1) is 12.8 Å². The van der Waals surface area contributed by atoms with Gasteiger partial charge >= 0.3 is 0 Å². The number of hydrogen-bond donors (Lipinski definition) is 2. The van der Waals surface area contributed by atoms with E-state index in [9.17, 15) is 4.79 Å². The summed E-state index contributed by atoms with van der Waals surface area (Å²) in [5, 5.41) is 6.70. The van der Waals surface area contributed by atoms with Gasteiger partial charge in [0.25, 0.3) is 0 Å². The third kappa shape index (κ3) is 3.52. The highest BCUT2D eigenvalue weighted by atomic mass is 16.2. The smallest absolute Gasteiger partial charge is 0.237 e. The Balaban J connectivity index is 1.49. The number of nitrogens with one attached hydrogen (secondary N) is 2. The lowest BCUT2D eigenvalue weighted by molar-refractivity contribution is -0.122. The van der Waals surface area contributed by atoms with Crippen molar-refractivity contribution in [2.24, 2.45) is 5.92 Å². The van der Waals surface area contributed by atoms with Gasteiger partial charge in [-0.05, 0) is 43.6 Å². The molecule has 0 spiro atoms. The van der Waals surface area contributed by atoms with Gasteiger partial charge in [-0.1, -0.05) is 49.6 Å². The van der Waals surface area contributed by atoms with E-state index in [-0.39, 0.29) is 11.9 Å². The Morgan fingerprint density at radius 2 is 2.00 bits per heavy atom. The van der Waals surface area contributed by atoms with Gasteiger partial charge in [-0.3, -0.25) is 4.79 Å². The van der Waals surface area contributed by atoms with E-state index in [4.69, 9.17) is 0 Å². The van der Waals surface area contributed by atoms with Crippen LogP contribution in [-0.4, -0.2) is 24.5 Å². The Kier molecular flexibility index (Phi) is 4.82. The van der Waals surface area contributed by atoms with Crippen LogP contribution in [0.3, 0.4) is 0 Å². The molecule has 1 heterocycles. The summed E-state index contributed by atoms with van der Waals surface area (Å²) in [5.41, 5.74) is 2.57. The Bertz CT molecular complexity index is 497. The second-order valence-corrected chi connectivity index (χ2v) is 7.16. The molecule has 0 radical (unpaired) electrons. The van der Waals surface area contributed by atoms with Crippen LogP contribution in [-0.2, 0) is 4.79 Å². The topological polar surface area (TPSA) is 41.1 Å². The first kappa shape index (κ1) is 15.5. The van der Waals surface area contributed by atoms with Gasteiger partial charge in [-0.15, -0.1) is 0 Å². The van der Waals surface area contributed by atoms with Crippen molar-refractivity contribution >= 4 is 5.91 Å². The molecular formula is C19H28N2O. The van der Waals surface area contributed by atoms with Crippen molar-refractivity contribution in [1.82, 2.24) is 10.6 Å². The van der Waals surface area contributed by atoms with E-state index in [1.165, 1.54) is 36.8 Å². The lowest BCUT2D eigenvalue weighted by Crippen LogP contribution is -2.44. The second kappa shape index (κ2) is 6.82. The van der Waals surface area contributed by atoms with E-state index in [0.717, 1.165) is 18.9 Å². The first-order valence-corrected chi connectivity index (χ1v) is 8.74. The molecule has 1 aromatic rings. The van der Waals surface area contributed by atoms with Crippen LogP contribution in [0.5, 0.6) is 0 Å². The minimum absolute atomic E-state index is 0.0262. The minimum Gasteiger partial charge on any atom is -0.354 e. The maximum atomic E-state index is 12.4. The molecule has 1 amide bonds. The average molecular weight is 300 g/mol. The second-order valence-electron chi connectivity index (χ2n) is 7.16. The molecule has 3 rings (SSSR count). The molecule has 1 aromatic carbocycles. The number of fused-ring (bicyclic) bond motifs is 1. The molecule has 0 aromatic heterocycles. The van der Waals surface area contributed by atoms with Crippen LogP contribution in [0.4, 0.5) is 0 Å². The SMILES string of the molecule is Cc1ccc(C(C)CNC(=O)C2CC3CCCCC3N2)cc1. The predicted molar refractivity (Wildman–Crippen MR) is 89.9 cm³/mol. The minimum atomic E-state index is 0.0262. The zero-order chi connectivity index (χ0) is 15.5. The molecule has 1 saturated carbocycles. The molecule has 2 N–H and O–H groups in total. The highest BCUT2D eigenvalue weighted by Crippen LogP contribution is 2.33. The van der Waals surface area contributed by atoms with Crippen molar-refractivity contribution in [2.45, 2.75) is 64.0 Å². The molecule has 1 aliphatic carbocycles. The zero-order valence-electron chi connectivity index (χ0n) is 13.8. The third-order valence-electron chi connectivity index (χ3n) is 5.41. The van der Waals surface area contributed by atoms with Crippen molar-refractivity contribution in [2.75, 3.05) is 6.54 Å². The van der Waals surface area contributed by atoms with E-state index < -0.39 is 0 Å². The van der Waals surface area contributed by atoms with Crippen LogP contribution >= 0.6 is 0 Å². The Labute approximate surface area is 133 Å². The summed E-state index contributed by atoms with van der Waals surface area (Å²) in [6, 6.07) is 9.20. The van der Waals surface area contributed by atoms with Crippen molar-refractivity contribution in [3.8, 4) is 0 Å². The number of carbonyl (C=O) groups is 1. The number of hydrogen-bond acceptors (Lipinski definition) is 2. The first-order valence-electron chi connectivity index (χ1n) is 8.74. The third-order valence-corrected chi connectivity index (χ3v) is 5.41. The van der Waals surface area contributed by atoms with Gasteiger partial charge in [0, 0.05) is 12.6 Å². The largest absolute Gasteiger partial charge is 0.354 e. The lowest BCUT2D eigenvalue weighted by Gasteiger charge is -2.24. The number of aryl methyl sites for hydroxylation is 1. The zero-order valence-corrected chi connectivity index (χ0v) is 13.8. The van der Waals surface area contributed by atoms with Crippen molar-refractivity contribution in [3.05, 3.63) is 35.4 Å². The van der Waals surface area contributed by atoms with Crippen molar-refractivity contribution < 1.29 is 4.79 Å². The molecule has 2 fully saturated rings. The summed E-state index contributed by atoms with van der Waals surface area (Å²) in [4.78, 5) is 12.4. The number of carbonyl (C=O) groups excluding carboxylic acids is 1. The number of amides is 1. The van der Waals surface area contributed by atoms with Crippen LogP contribution in [0.2, 0.25) is 0 Å². The molecule has 2 aliphatic rings. The van der Waals surface area contributed by atoms with Crippen LogP contribution in [0.25, 0.3) is 0 Å². The Morgan fingerprint density at radius 1 is 1.27 bits per heavy atom. The van der Waals surface area contributed by atoms with Crippen LogP contribution in [0.1, 0.15) is 56.1 Å². The van der Waals surface area contributed by atoms with E-state index >= 15 is 0 Å². The summed E-state index contributed by atoms with van der Waals surface area (Å²) < 4.78 is 0. The summed E-state index contributed by atoms with van der Waals surface area (Å²) >= 11 is 0. The molecule has 1 saturated heterocycles. The molecule has 4 atom stereocenters. The lowest BCUT2D eigenvalue weighted by atomic mass is 9.85. The fraction of sp³-hybridized carbons (Fsp3) is 0.632. The monoisotopic (exact) mass is 300 g/mol. The Morgan fingerprint density at radius 3 is 2.73 bits per heavy atom. The van der Waals surface area contributed by atoms with Crippen molar-refractivity contribution in [3.63, 3.8) is 0 Å². The normalized spacial score (nSPS) is 28.9. The average Bonchev–Trinajstić information content (AvgIpc) is 2.97. The molecule has 3 nitrogen and oxygen atoms in total. The molecule has 1 aliphatic heterocycles. The van der Waals surface area contributed by atoms with E-state index in [0.29, 0.717) is 12.0 Å². The quantitative estimate of drug-likeness (QED) is 0.897. The van der Waals surface area contributed by atoms with Crippen molar-refractivity contribution in [1.29, 1.82) is 0 Å². The molecule has 4 unspecified atom stereocenters. The highest BCUT2D eigenvalue weighted by molar-refractivity contribution is 5.82.